The second-order valence-electron chi connectivity index (χ2n) is 7.92. The van der Waals surface area contributed by atoms with Gasteiger partial charge in [0.2, 0.25) is 0 Å². The van der Waals surface area contributed by atoms with E-state index in [4.69, 9.17) is 16.3 Å². The first-order chi connectivity index (χ1) is 15.2. The van der Waals surface area contributed by atoms with Gasteiger partial charge < -0.3 is 20.3 Å². The zero-order valence-electron chi connectivity index (χ0n) is 18.1. The molecule has 0 spiro atoms. The number of aromatic nitrogens is 1. The molecule has 166 valence electrons. The molecule has 1 amide bonds. The minimum absolute atomic E-state index is 0.0851. The van der Waals surface area contributed by atoms with E-state index in [0.29, 0.717) is 22.1 Å². The third-order valence-corrected chi connectivity index (χ3v) is 5.21. The fraction of sp³-hybridized carbons (Fsp3) is 0.200. The lowest BCUT2D eigenvalue weighted by Crippen LogP contribution is -2.35. The molecular formula is C25H25ClN2O4. The molecule has 7 heteroatoms. The van der Waals surface area contributed by atoms with Gasteiger partial charge in [0.1, 0.15) is 17.2 Å². The number of allylic oxidation sites excluding steroid dienone is 1. The summed E-state index contributed by atoms with van der Waals surface area (Å²) in [5, 5.41) is 23.7. The largest absolute Gasteiger partial charge is 0.512 e. The first kappa shape index (κ1) is 23.2. The molecule has 3 N–H and O–H groups in total. The van der Waals surface area contributed by atoms with E-state index in [1.165, 1.54) is 12.3 Å². The number of amides is 1. The van der Waals surface area contributed by atoms with Crippen LogP contribution in [0.2, 0.25) is 5.02 Å². The highest BCUT2D eigenvalue weighted by atomic mass is 35.5. The zero-order chi connectivity index (χ0) is 23.3. The van der Waals surface area contributed by atoms with E-state index in [2.05, 4.69) is 10.3 Å². The van der Waals surface area contributed by atoms with E-state index in [9.17, 15) is 15.0 Å². The fourth-order valence-corrected chi connectivity index (χ4v) is 3.16. The molecule has 0 aliphatic rings. The Morgan fingerprint density at radius 2 is 1.84 bits per heavy atom. The zero-order valence-corrected chi connectivity index (χ0v) is 18.8. The Bertz CT molecular complexity index is 1140. The highest BCUT2D eigenvalue weighted by molar-refractivity contribution is 6.30. The van der Waals surface area contributed by atoms with Gasteiger partial charge in [-0.1, -0.05) is 37.6 Å². The maximum absolute atomic E-state index is 12.5. The normalized spacial score (nSPS) is 11.8. The van der Waals surface area contributed by atoms with Crippen molar-refractivity contribution in [3.05, 3.63) is 83.3 Å². The summed E-state index contributed by atoms with van der Waals surface area (Å²) in [6, 6.07) is 15.8. The van der Waals surface area contributed by atoms with Crippen LogP contribution in [0.15, 0.2) is 72.6 Å². The van der Waals surface area contributed by atoms with Crippen LogP contribution in [0.3, 0.4) is 0 Å². The Morgan fingerprint density at radius 1 is 1.12 bits per heavy atom. The van der Waals surface area contributed by atoms with Gasteiger partial charge in [-0.2, -0.15) is 0 Å². The molecule has 1 aromatic heterocycles. The number of nitrogens with one attached hydrogen (secondary N) is 1. The van der Waals surface area contributed by atoms with Crippen molar-refractivity contribution in [2.45, 2.75) is 20.8 Å². The molecule has 0 bridgehead atoms. The Morgan fingerprint density at radius 3 is 2.50 bits per heavy atom. The number of rotatable bonds is 7. The van der Waals surface area contributed by atoms with E-state index in [-0.39, 0.29) is 23.7 Å². The van der Waals surface area contributed by atoms with E-state index >= 15 is 0 Å². The van der Waals surface area contributed by atoms with Gasteiger partial charge in [-0.05, 0) is 61.0 Å². The van der Waals surface area contributed by atoms with Crippen LogP contribution < -0.4 is 10.1 Å². The van der Waals surface area contributed by atoms with Gasteiger partial charge >= 0.3 is 0 Å². The van der Waals surface area contributed by atoms with Gasteiger partial charge in [0.05, 0.1) is 5.76 Å². The van der Waals surface area contributed by atoms with Gasteiger partial charge in [0.25, 0.3) is 5.91 Å². The quantitative estimate of drug-likeness (QED) is 0.376. The van der Waals surface area contributed by atoms with E-state index < -0.39 is 11.3 Å². The number of hydrogen-bond acceptors (Lipinski definition) is 5. The Hall–Kier alpha value is -3.51. The number of nitrogens with zero attached hydrogens (tertiary/aromatic N) is 1. The van der Waals surface area contributed by atoms with E-state index in [1.54, 1.807) is 51.1 Å². The van der Waals surface area contributed by atoms with Crippen LogP contribution in [-0.2, 0) is 0 Å². The van der Waals surface area contributed by atoms with Crippen molar-refractivity contribution in [1.29, 1.82) is 0 Å². The van der Waals surface area contributed by atoms with Crippen LogP contribution in [0.4, 0.5) is 0 Å². The van der Waals surface area contributed by atoms with Crippen molar-refractivity contribution in [1.82, 2.24) is 10.3 Å². The number of aromatic hydroxyl groups is 1. The molecule has 3 aromatic rings. The van der Waals surface area contributed by atoms with Crippen molar-refractivity contribution in [2.75, 3.05) is 6.54 Å². The third-order valence-electron chi connectivity index (χ3n) is 4.96. The average molecular weight is 453 g/mol. The summed E-state index contributed by atoms with van der Waals surface area (Å²) in [7, 11) is 0. The van der Waals surface area contributed by atoms with Crippen molar-refractivity contribution in [3.8, 4) is 28.4 Å². The van der Waals surface area contributed by atoms with Crippen LogP contribution in [0.25, 0.3) is 11.1 Å². The van der Waals surface area contributed by atoms with Gasteiger partial charge in [-0.15, -0.1) is 0 Å². The molecule has 0 aliphatic carbocycles. The number of carbonyl (C=O) groups excluding carboxylic acids is 1. The summed E-state index contributed by atoms with van der Waals surface area (Å²) in [4.78, 5) is 16.6. The molecular weight excluding hydrogens is 428 g/mol. The molecule has 0 atom stereocenters. The predicted octanol–water partition coefficient (Wildman–Crippen LogP) is 6.12. The molecule has 6 nitrogen and oxygen atoms in total. The summed E-state index contributed by atoms with van der Waals surface area (Å²) < 4.78 is 5.85. The van der Waals surface area contributed by atoms with Crippen LogP contribution >= 0.6 is 11.6 Å². The summed E-state index contributed by atoms with van der Waals surface area (Å²) in [6.45, 7) is 5.52. The van der Waals surface area contributed by atoms with Gasteiger partial charge in [0.15, 0.2) is 5.69 Å². The minimum Gasteiger partial charge on any atom is -0.512 e. The SMILES string of the molecule is C/C=C(/O)C(C)(C)CNC(=O)c1ncc(-c2cccc(Oc3ccc(Cl)cc3)c2)cc1O. The molecule has 0 radical (unpaired) electrons. The Balaban J connectivity index is 1.75. The van der Waals surface area contributed by atoms with Gasteiger partial charge in [-0.25, -0.2) is 4.98 Å². The van der Waals surface area contributed by atoms with E-state index in [0.717, 1.165) is 5.56 Å². The standard InChI is InChI=1S/C25H25ClN2O4/c1-4-22(30)25(2,3)15-28-24(31)23-21(29)13-17(14-27-23)16-6-5-7-20(12-16)32-19-10-8-18(26)9-11-19/h4-14,29-30H,15H2,1-3H3,(H,28,31)/b22-4+. The van der Waals surface area contributed by atoms with Gasteiger partial charge in [0, 0.05) is 28.7 Å². The molecule has 0 aliphatic heterocycles. The molecule has 0 saturated carbocycles. The minimum atomic E-state index is -0.634. The monoisotopic (exact) mass is 452 g/mol. The lowest BCUT2D eigenvalue weighted by Gasteiger charge is -2.24. The number of hydrogen-bond donors (Lipinski definition) is 3. The second-order valence-corrected chi connectivity index (χ2v) is 8.35. The number of benzene rings is 2. The fourth-order valence-electron chi connectivity index (χ4n) is 3.03. The van der Waals surface area contributed by atoms with Crippen LogP contribution in [0.1, 0.15) is 31.3 Å². The number of aliphatic hydroxyl groups is 1. The van der Waals surface area contributed by atoms with E-state index in [1.807, 2.05) is 24.3 Å². The maximum atomic E-state index is 12.5. The lowest BCUT2D eigenvalue weighted by molar-refractivity contribution is 0.0927. The second kappa shape index (κ2) is 9.75. The first-order valence-electron chi connectivity index (χ1n) is 10.1. The predicted molar refractivity (Wildman–Crippen MR) is 125 cm³/mol. The molecule has 3 rings (SSSR count). The number of pyridine rings is 1. The summed E-state index contributed by atoms with van der Waals surface area (Å²) in [6.07, 6.45) is 3.10. The van der Waals surface area contributed by atoms with Crippen LogP contribution in [-0.4, -0.2) is 27.6 Å². The van der Waals surface area contributed by atoms with Crippen molar-refractivity contribution in [3.63, 3.8) is 0 Å². The van der Waals surface area contributed by atoms with Crippen LogP contribution in [0, 0.1) is 5.41 Å². The molecule has 0 fully saturated rings. The highest BCUT2D eigenvalue weighted by Gasteiger charge is 2.24. The van der Waals surface area contributed by atoms with Crippen molar-refractivity contribution in [2.24, 2.45) is 5.41 Å². The first-order valence-corrected chi connectivity index (χ1v) is 10.4. The number of halogens is 1. The highest BCUT2D eigenvalue weighted by Crippen LogP contribution is 2.30. The molecule has 0 unspecified atom stereocenters. The summed E-state index contributed by atoms with van der Waals surface area (Å²) in [5.41, 5.74) is 0.681. The average Bonchev–Trinajstić information content (AvgIpc) is 2.78. The summed E-state index contributed by atoms with van der Waals surface area (Å²) in [5.74, 6) is 0.664. The summed E-state index contributed by atoms with van der Waals surface area (Å²) >= 11 is 5.90. The smallest absolute Gasteiger partial charge is 0.273 e. The molecule has 1 heterocycles. The Labute approximate surface area is 192 Å². The Kier molecular flexibility index (Phi) is 7.05. The maximum Gasteiger partial charge on any atom is 0.273 e. The third kappa shape index (κ3) is 5.59. The van der Waals surface area contributed by atoms with Gasteiger partial charge in [-0.3, -0.25) is 4.79 Å². The molecule has 2 aromatic carbocycles. The number of carbonyl (C=O) groups is 1. The molecule has 0 saturated heterocycles. The topological polar surface area (TPSA) is 91.7 Å². The lowest BCUT2D eigenvalue weighted by atomic mass is 9.90. The van der Waals surface area contributed by atoms with Crippen LogP contribution in [0.5, 0.6) is 17.2 Å². The molecule has 32 heavy (non-hydrogen) atoms. The van der Waals surface area contributed by atoms with Crippen molar-refractivity contribution < 1.29 is 19.7 Å². The number of ether oxygens (including phenoxy) is 1. The number of aliphatic hydroxyl groups excluding tert-OH is 1. The van der Waals surface area contributed by atoms with Crippen molar-refractivity contribution >= 4 is 17.5 Å².